The molecule has 1 aliphatic rings. The smallest absolute Gasteiger partial charge is 0.0492 e. The molecule has 0 spiro atoms. The van der Waals surface area contributed by atoms with Gasteiger partial charge in [0.2, 0.25) is 0 Å². The van der Waals surface area contributed by atoms with E-state index in [-0.39, 0.29) is 5.54 Å². The monoisotopic (exact) mass is 193 g/mol. The van der Waals surface area contributed by atoms with Crippen LogP contribution in [0.3, 0.4) is 0 Å². The number of hydrogen-bond acceptors (Lipinski definition) is 2. The van der Waals surface area contributed by atoms with Gasteiger partial charge < -0.3 is 5.73 Å². The van der Waals surface area contributed by atoms with Crippen LogP contribution in [0.1, 0.15) is 37.8 Å². The Morgan fingerprint density at radius 2 is 2.21 bits per heavy atom. The van der Waals surface area contributed by atoms with Gasteiger partial charge in [0.25, 0.3) is 0 Å². The normalized spacial score (nSPS) is 20.1. The van der Waals surface area contributed by atoms with E-state index in [4.69, 9.17) is 5.73 Å². The maximum Gasteiger partial charge on any atom is 0.0492 e. The summed E-state index contributed by atoms with van der Waals surface area (Å²) in [5, 5.41) is 4.16. The summed E-state index contributed by atoms with van der Waals surface area (Å²) in [5.41, 5.74) is 7.70. The molecule has 0 bridgehead atoms. The maximum atomic E-state index is 6.30. The highest BCUT2D eigenvalue weighted by atomic mass is 15.2. The minimum atomic E-state index is 0.115. The van der Waals surface area contributed by atoms with Crippen molar-refractivity contribution in [2.45, 2.75) is 44.1 Å². The topological polar surface area (TPSA) is 43.8 Å². The van der Waals surface area contributed by atoms with Crippen molar-refractivity contribution >= 4 is 0 Å². The molecule has 1 fully saturated rings. The zero-order chi connectivity index (χ0) is 10.0. The van der Waals surface area contributed by atoms with Gasteiger partial charge in [-0.05, 0) is 31.7 Å². The van der Waals surface area contributed by atoms with Crippen LogP contribution in [0.4, 0.5) is 0 Å². The van der Waals surface area contributed by atoms with Crippen molar-refractivity contribution in [3.05, 3.63) is 18.0 Å². The van der Waals surface area contributed by atoms with Gasteiger partial charge in [-0.3, -0.25) is 4.68 Å². The highest BCUT2D eigenvalue weighted by Gasteiger charge is 2.28. The second kappa shape index (κ2) is 3.73. The van der Waals surface area contributed by atoms with E-state index in [1.165, 1.54) is 31.4 Å². The number of aryl methyl sites for hydroxylation is 2. The van der Waals surface area contributed by atoms with E-state index < -0.39 is 0 Å². The van der Waals surface area contributed by atoms with Crippen LogP contribution in [0.25, 0.3) is 0 Å². The molecule has 78 valence electrons. The maximum absolute atomic E-state index is 6.30. The average molecular weight is 193 g/mol. The fourth-order valence-electron chi connectivity index (χ4n) is 2.35. The van der Waals surface area contributed by atoms with Crippen molar-refractivity contribution in [1.29, 1.82) is 0 Å². The Kier molecular flexibility index (Phi) is 2.59. The SMILES string of the molecule is Cn1nccc1CCC1(N)CCCC1. The predicted molar refractivity (Wildman–Crippen MR) is 56.9 cm³/mol. The molecule has 0 radical (unpaired) electrons. The number of hydrogen-bond donors (Lipinski definition) is 1. The van der Waals surface area contributed by atoms with E-state index in [1.807, 2.05) is 17.9 Å². The molecule has 0 unspecified atom stereocenters. The largest absolute Gasteiger partial charge is 0.325 e. The van der Waals surface area contributed by atoms with Crippen LogP contribution in [0.2, 0.25) is 0 Å². The number of aromatic nitrogens is 2. The zero-order valence-corrected chi connectivity index (χ0v) is 8.87. The predicted octanol–water partition coefficient (Wildman–Crippen LogP) is 1.62. The Labute approximate surface area is 85.3 Å². The van der Waals surface area contributed by atoms with Crippen molar-refractivity contribution < 1.29 is 0 Å². The van der Waals surface area contributed by atoms with Crippen LogP contribution in [-0.4, -0.2) is 15.3 Å². The summed E-state index contributed by atoms with van der Waals surface area (Å²) in [5.74, 6) is 0. The first-order chi connectivity index (χ1) is 6.70. The van der Waals surface area contributed by atoms with Crippen molar-refractivity contribution in [1.82, 2.24) is 9.78 Å². The van der Waals surface area contributed by atoms with Crippen molar-refractivity contribution in [3.63, 3.8) is 0 Å². The summed E-state index contributed by atoms with van der Waals surface area (Å²) in [4.78, 5) is 0. The van der Waals surface area contributed by atoms with Crippen molar-refractivity contribution in [2.75, 3.05) is 0 Å². The van der Waals surface area contributed by atoms with E-state index in [1.54, 1.807) is 0 Å². The summed E-state index contributed by atoms with van der Waals surface area (Å²) >= 11 is 0. The second-order valence-corrected chi connectivity index (χ2v) is 4.52. The average Bonchev–Trinajstić information content (AvgIpc) is 2.73. The van der Waals surface area contributed by atoms with E-state index in [2.05, 4.69) is 11.2 Å². The Bertz CT molecular complexity index is 297. The molecule has 1 saturated carbocycles. The van der Waals surface area contributed by atoms with Crippen molar-refractivity contribution in [3.8, 4) is 0 Å². The van der Waals surface area contributed by atoms with Crippen LogP contribution in [0.5, 0.6) is 0 Å². The molecular weight excluding hydrogens is 174 g/mol. The summed E-state index contributed by atoms with van der Waals surface area (Å²) in [6.07, 6.45) is 9.03. The van der Waals surface area contributed by atoms with Gasteiger partial charge in [0.05, 0.1) is 0 Å². The molecule has 0 amide bonds. The minimum absolute atomic E-state index is 0.115. The van der Waals surface area contributed by atoms with Gasteiger partial charge in [0.15, 0.2) is 0 Å². The van der Waals surface area contributed by atoms with Gasteiger partial charge in [0.1, 0.15) is 0 Å². The highest BCUT2D eigenvalue weighted by Crippen LogP contribution is 2.30. The molecular formula is C11H19N3. The Morgan fingerprint density at radius 3 is 2.79 bits per heavy atom. The standard InChI is InChI=1S/C11H19N3/c1-14-10(5-9-13-14)4-8-11(12)6-2-3-7-11/h5,9H,2-4,6-8,12H2,1H3. The lowest BCUT2D eigenvalue weighted by molar-refractivity contribution is 0.401. The summed E-state index contributed by atoms with van der Waals surface area (Å²) in [6.45, 7) is 0. The molecule has 1 aromatic rings. The molecule has 0 aromatic carbocycles. The molecule has 0 atom stereocenters. The second-order valence-electron chi connectivity index (χ2n) is 4.52. The van der Waals surface area contributed by atoms with Crippen LogP contribution >= 0.6 is 0 Å². The lowest BCUT2D eigenvalue weighted by atomic mass is 9.92. The summed E-state index contributed by atoms with van der Waals surface area (Å²) in [6, 6.07) is 2.08. The van der Waals surface area contributed by atoms with Gasteiger partial charge in [-0.15, -0.1) is 0 Å². The zero-order valence-electron chi connectivity index (χ0n) is 8.87. The molecule has 1 aromatic heterocycles. The van der Waals surface area contributed by atoms with Crippen LogP contribution in [0.15, 0.2) is 12.3 Å². The first kappa shape index (κ1) is 9.71. The van der Waals surface area contributed by atoms with Gasteiger partial charge >= 0.3 is 0 Å². The lowest BCUT2D eigenvalue weighted by Crippen LogP contribution is -2.36. The molecule has 1 aliphatic carbocycles. The number of rotatable bonds is 3. The van der Waals surface area contributed by atoms with Crippen LogP contribution < -0.4 is 5.73 Å². The quantitative estimate of drug-likeness (QED) is 0.792. The van der Waals surface area contributed by atoms with E-state index in [0.29, 0.717) is 0 Å². The summed E-state index contributed by atoms with van der Waals surface area (Å²) in [7, 11) is 1.99. The van der Waals surface area contributed by atoms with Gasteiger partial charge in [-0.2, -0.15) is 5.10 Å². The molecule has 0 saturated heterocycles. The Balaban J connectivity index is 1.91. The van der Waals surface area contributed by atoms with Crippen LogP contribution in [-0.2, 0) is 13.5 Å². The molecule has 1 heterocycles. The molecule has 2 rings (SSSR count). The van der Waals surface area contributed by atoms with Crippen molar-refractivity contribution in [2.24, 2.45) is 12.8 Å². The number of nitrogens with two attached hydrogens (primary N) is 1. The fraction of sp³-hybridized carbons (Fsp3) is 0.727. The van der Waals surface area contributed by atoms with E-state index in [0.717, 1.165) is 12.8 Å². The molecule has 3 heteroatoms. The van der Waals surface area contributed by atoms with Gasteiger partial charge in [-0.25, -0.2) is 0 Å². The molecule has 0 aliphatic heterocycles. The van der Waals surface area contributed by atoms with E-state index in [9.17, 15) is 0 Å². The molecule has 3 nitrogen and oxygen atoms in total. The first-order valence-electron chi connectivity index (χ1n) is 5.45. The minimum Gasteiger partial charge on any atom is -0.325 e. The number of nitrogens with zero attached hydrogens (tertiary/aromatic N) is 2. The fourth-order valence-corrected chi connectivity index (χ4v) is 2.35. The Hall–Kier alpha value is -0.830. The highest BCUT2D eigenvalue weighted by molar-refractivity contribution is 5.02. The Morgan fingerprint density at radius 1 is 1.50 bits per heavy atom. The third-order valence-corrected chi connectivity index (χ3v) is 3.40. The lowest BCUT2D eigenvalue weighted by Gasteiger charge is -2.23. The molecule has 2 N–H and O–H groups in total. The van der Waals surface area contributed by atoms with Gasteiger partial charge in [-0.1, -0.05) is 12.8 Å². The van der Waals surface area contributed by atoms with Gasteiger partial charge in [0, 0.05) is 24.5 Å². The van der Waals surface area contributed by atoms with Crippen LogP contribution in [0, 0.1) is 0 Å². The molecule has 14 heavy (non-hydrogen) atoms. The van der Waals surface area contributed by atoms with E-state index >= 15 is 0 Å². The third kappa shape index (κ3) is 1.98. The summed E-state index contributed by atoms with van der Waals surface area (Å²) < 4.78 is 1.94. The first-order valence-corrected chi connectivity index (χ1v) is 5.45. The third-order valence-electron chi connectivity index (χ3n) is 3.40.